The van der Waals surface area contributed by atoms with Crippen LogP contribution in [-0.2, 0) is 17.6 Å². The molecule has 27 heavy (non-hydrogen) atoms. The Balaban J connectivity index is 1.44. The van der Waals surface area contributed by atoms with Crippen molar-refractivity contribution in [1.82, 2.24) is 15.2 Å². The van der Waals surface area contributed by atoms with E-state index in [-0.39, 0.29) is 17.9 Å². The number of piperidine rings is 1. The zero-order valence-corrected chi connectivity index (χ0v) is 15.9. The summed E-state index contributed by atoms with van der Waals surface area (Å²) in [6, 6.07) is 6.13. The van der Waals surface area contributed by atoms with E-state index in [0.717, 1.165) is 49.9 Å². The SMILES string of the molecule is C[C@@H]1CCc2[nH]c3ccc(C(=O)NC4CCN(CC(N)=O)CC4)cc3c2C1. The first kappa shape index (κ1) is 18.0. The fourth-order valence-electron chi connectivity index (χ4n) is 4.46. The molecule has 4 N–H and O–H groups in total. The van der Waals surface area contributed by atoms with Crippen molar-refractivity contribution in [2.45, 2.75) is 45.1 Å². The van der Waals surface area contributed by atoms with E-state index >= 15 is 0 Å². The highest BCUT2D eigenvalue weighted by molar-refractivity contribution is 5.99. The number of likely N-dealkylation sites (tertiary alicyclic amines) is 1. The van der Waals surface area contributed by atoms with Crippen molar-refractivity contribution in [3.63, 3.8) is 0 Å². The van der Waals surface area contributed by atoms with Crippen molar-refractivity contribution in [1.29, 1.82) is 0 Å². The molecule has 0 bridgehead atoms. The molecular formula is C21H28N4O2. The molecule has 144 valence electrons. The van der Waals surface area contributed by atoms with Gasteiger partial charge in [-0.05, 0) is 61.8 Å². The van der Waals surface area contributed by atoms with Crippen LogP contribution >= 0.6 is 0 Å². The van der Waals surface area contributed by atoms with Crippen LogP contribution in [0, 0.1) is 5.92 Å². The highest BCUT2D eigenvalue weighted by atomic mass is 16.2. The third kappa shape index (κ3) is 3.86. The van der Waals surface area contributed by atoms with E-state index in [1.54, 1.807) is 0 Å². The lowest BCUT2D eigenvalue weighted by Gasteiger charge is -2.31. The van der Waals surface area contributed by atoms with Gasteiger partial charge in [-0.1, -0.05) is 6.92 Å². The summed E-state index contributed by atoms with van der Waals surface area (Å²) in [6.07, 6.45) is 5.09. The van der Waals surface area contributed by atoms with Crippen LogP contribution in [0.3, 0.4) is 0 Å². The number of aryl methyl sites for hydroxylation is 1. The molecule has 4 rings (SSSR count). The van der Waals surface area contributed by atoms with Crippen LogP contribution in [-0.4, -0.2) is 47.4 Å². The van der Waals surface area contributed by atoms with Gasteiger partial charge in [-0.15, -0.1) is 0 Å². The highest BCUT2D eigenvalue weighted by Crippen LogP contribution is 2.32. The molecule has 1 aromatic carbocycles. The largest absolute Gasteiger partial charge is 0.369 e. The summed E-state index contributed by atoms with van der Waals surface area (Å²) in [7, 11) is 0. The molecule has 2 aliphatic rings. The molecule has 1 fully saturated rings. The quantitative estimate of drug-likeness (QED) is 0.770. The minimum absolute atomic E-state index is 0.0101. The fourth-order valence-corrected chi connectivity index (χ4v) is 4.46. The van der Waals surface area contributed by atoms with Crippen LogP contribution in [0.5, 0.6) is 0 Å². The molecule has 1 aliphatic carbocycles. The molecule has 2 aromatic rings. The van der Waals surface area contributed by atoms with Crippen molar-refractivity contribution in [3.05, 3.63) is 35.0 Å². The maximum atomic E-state index is 12.8. The number of primary amides is 1. The number of carbonyl (C=O) groups is 2. The number of hydrogen-bond donors (Lipinski definition) is 3. The molecule has 2 amide bonds. The van der Waals surface area contributed by atoms with Crippen LogP contribution in [0.25, 0.3) is 10.9 Å². The lowest BCUT2D eigenvalue weighted by Crippen LogP contribution is -2.46. The number of aromatic amines is 1. The summed E-state index contributed by atoms with van der Waals surface area (Å²) in [6.45, 7) is 4.17. The summed E-state index contributed by atoms with van der Waals surface area (Å²) >= 11 is 0. The molecule has 0 radical (unpaired) electrons. The van der Waals surface area contributed by atoms with E-state index in [9.17, 15) is 9.59 Å². The normalized spacial score (nSPS) is 21.1. The first-order valence-corrected chi connectivity index (χ1v) is 9.94. The second kappa shape index (κ2) is 7.35. The first-order valence-electron chi connectivity index (χ1n) is 9.94. The number of hydrogen-bond acceptors (Lipinski definition) is 3. The van der Waals surface area contributed by atoms with Crippen LogP contribution in [0.2, 0.25) is 0 Å². The molecule has 2 heterocycles. The number of H-pyrrole nitrogens is 1. The van der Waals surface area contributed by atoms with Gasteiger partial charge < -0.3 is 16.0 Å². The molecule has 0 spiro atoms. The molecule has 0 unspecified atom stereocenters. The number of aromatic nitrogens is 1. The van der Waals surface area contributed by atoms with Crippen molar-refractivity contribution in [2.24, 2.45) is 11.7 Å². The Morgan fingerprint density at radius 3 is 2.78 bits per heavy atom. The van der Waals surface area contributed by atoms with Gasteiger partial charge in [-0.2, -0.15) is 0 Å². The monoisotopic (exact) mass is 368 g/mol. The molecule has 0 saturated carbocycles. The number of nitrogens with one attached hydrogen (secondary N) is 2. The second-order valence-electron chi connectivity index (χ2n) is 8.18. The van der Waals surface area contributed by atoms with Crippen molar-refractivity contribution < 1.29 is 9.59 Å². The topological polar surface area (TPSA) is 91.2 Å². The Morgan fingerprint density at radius 2 is 2.04 bits per heavy atom. The number of fused-ring (bicyclic) bond motifs is 3. The first-order chi connectivity index (χ1) is 13.0. The number of nitrogens with zero attached hydrogens (tertiary/aromatic N) is 1. The Kier molecular flexibility index (Phi) is 4.91. The van der Waals surface area contributed by atoms with E-state index in [2.05, 4.69) is 17.2 Å². The van der Waals surface area contributed by atoms with E-state index in [1.165, 1.54) is 23.1 Å². The summed E-state index contributed by atoms with van der Waals surface area (Å²) in [5.41, 5.74) is 9.83. The zero-order valence-electron chi connectivity index (χ0n) is 15.9. The van der Waals surface area contributed by atoms with E-state index < -0.39 is 0 Å². The highest BCUT2D eigenvalue weighted by Gasteiger charge is 2.23. The van der Waals surface area contributed by atoms with Gasteiger partial charge in [0.15, 0.2) is 0 Å². The van der Waals surface area contributed by atoms with Gasteiger partial charge >= 0.3 is 0 Å². The minimum Gasteiger partial charge on any atom is -0.369 e. The third-order valence-electron chi connectivity index (χ3n) is 6.00. The summed E-state index contributed by atoms with van der Waals surface area (Å²) in [5, 5.41) is 4.36. The molecule has 6 heteroatoms. The molecule has 1 aromatic heterocycles. The van der Waals surface area contributed by atoms with Crippen LogP contribution in [0.4, 0.5) is 0 Å². The number of benzene rings is 1. The number of amides is 2. The third-order valence-corrected chi connectivity index (χ3v) is 6.00. The summed E-state index contributed by atoms with van der Waals surface area (Å²) in [4.78, 5) is 29.4. The lowest BCUT2D eigenvalue weighted by molar-refractivity contribution is -0.119. The number of rotatable bonds is 4. The van der Waals surface area contributed by atoms with Gasteiger partial charge in [0.25, 0.3) is 5.91 Å². The molecule has 1 atom stereocenters. The van der Waals surface area contributed by atoms with E-state index in [1.807, 2.05) is 23.1 Å². The minimum atomic E-state index is -0.296. The van der Waals surface area contributed by atoms with Gasteiger partial charge in [-0.3, -0.25) is 14.5 Å². The molecule has 1 aliphatic heterocycles. The Morgan fingerprint density at radius 1 is 1.26 bits per heavy atom. The molecule has 6 nitrogen and oxygen atoms in total. The molecule has 1 saturated heterocycles. The van der Waals surface area contributed by atoms with Crippen molar-refractivity contribution in [3.8, 4) is 0 Å². The van der Waals surface area contributed by atoms with E-state index in [4.69, 9.17) is 5.73 Å². The van der Waals surface area contributed by atoms with Gasteiger partial charge in [-0.25, -0.2) is 0 Å². The Hall–Kier alpha value is -2.34. The lowest BCUT2D eigenvalue weighted by atomic mass is 9.87. The zero-order chi connectivity index (χ0) is 19.0. The predicted molar refractivity (Wildman–Crippen MR) is 106 cm³/mol. The molecular weight excluding hydrogens is 340 g/mol. The van der Waals surface area contributed by atoms with Crippen LogP contribution in [0.1, 0.15) is 47.8 Å². The summed E-state index contributed by atoms with van der Waals surface area (Å²) < 4.78 is 0. The van der Waals surface area contributed by atoms with Crippen molar-refractivity contribution in [2.75, 3.05) is 19.6 Å². The van der Waals surface area contributed by atoms with Crippen LogP contribution in [0.15, 0.2) is 18.2 Å². The standard InChI is InChI=1S/C21H28N4O2/c1-13-2-4-18-16(10-13)17-11-14(3-5-19(17)24-18)21(27)23-15-6-8-25(9-7-15)12-20(22)26/h3,5,11,13,15,24H,2,4,6-10,12H2,1H3,(H2,22,26)(H,23,27)/t13-/m1/s1. The predicted octanol–water partition coefficient (Wildman–Crippen LogP) is 1.97. The average molecular weight is 368 g/mol. The second-order valence-corrected chi connectivity index (χ2v) is 8.18. The number of nitrogens with two attached hydrogens (primary N) is 1. The maximum Gasteiger partial charge on any atom is 0.251 e. The smallest absolute Gasteiger partial charge is 0.251 e. The average Bonchev–Trinajstić information content (AvgIpc) is 3.00. The van der Waals surface area contributed by atoms with Gasteiger partial charge in [0.2, 0.25) is 5.91 Å². The Labute approximate surface area is 159 Å². The van der Waals surface area contributed by atoms with E-state index in [0.29, 0.717) is 12.5 Å². The van der Waals surface area contributed by atoms with Crippen molar-refractivity contribution >= 4 is 22.7 Å². The van der Waals surface area contributed by atoms with Gasteiger partial charge in [0.05, 0.1) is 6.54 Å². The summed E-state index contributed by atoms with van der Waals surface area (Å²) in [5.74, 6) is 0.388. The Bertz CT molecular complexity index is 864. The maximum absolute atomic E-state index is 12.8. The number of carbonyl (C=O) groups excluding carboxylic acids is 2. The van der Waals surface area contributed by atoms with Gasteiger partial charge in [0.1, 0.15) is 0 Å². The fraction of sp³-hybridized carbons (Fsp3) is 0.524. The van der Waals surface area contributed by atoms with Gasteiger partial charge in [0, 0.05) is 41.3 Å². The van der Waals surface area contributed by atoms with Crippen LogP contribution < -0.4 is 11.1 Å².